The highest BCUT2D eigenvalue weighted by atomic mass is 15.0. The molecule has 0 radical (unpaired) electrons. The molecule has 0 aliphatic carbocycles. The lowest BCUT2D eigenvalue weighted by Crippen LogP contribution is -2.00. The molecule has 2 aromatic heterocycles. The lowest BCUT2D eigenvalue weighted by molar-refractivity contribution is 1.07. The maximum absolute atomic E-state index is 4.95. The SMILES string of the molecule is c1ccc(-c2nc(-c3ccccc3)nc(-c3cccc(-c4cccc(-c5cccc(-c6nc(-c7ccccc7)nc(-c7ccccc7)n6)c5)c4)c3)n2)cc1. The van der Waals surface area contributed by atoms with Gasteiger partial charge in [0.05, 0.1) is 0 Å². The van der Waals surface area contributed by atoms with Gasteiger partial charge >= 0.3 is 0 Å². The summed E-state index contributed by atoms with van der Waals surface area (Å²) in [6, 6.07) is 65.5. The Morgan fingerprint density at radius 3 is 0.611 bits per heavy atom. The van der Waals surface area contributed by atoms with E-state index in [-0.39, 0.29) is 0 Å². The van der Waals surface area contributed by atoms with E-state index < -0.39 is 0 Å². The Kier molecular flexibility index (Phi) is 8.81. The van der Waals surface area contributed by atoms with Crippen molar-refractivity contribution in [2.75, 3.05) is 0 Å². The van der Waals surface area contributed by atoms with Crippen LogP contribution in [0.3, 0.4) is 0 Å². The van der Waals surface area contributed by atoms with E-state index in [1.165, 1.54) is 0 Å². The molecule has 0 unspecified atom stereocenters. The van der Waals surface area contributed by atoms with Crippen LogP contribution in [0.5, 0.6) is 0 Å². The standard InChI is InChI=1S/C48H32N6/c1-5-16-33(17-6-1)43-49-44(34-18-7-2-8-19-34)52-47(51-43)41-28-14-26-39(31-41)37-24-13-25-38(30-37)40-27-15-29-42(32-40)48-53-45(35-20-9-3-10-21-35)50-46(54-48)36-22-11-4-12-23-36/h1-32H. The summed E-state index contributed by atoms with van der Waals surface area (Å²) >= 11 is 0. The Hall–Kier alpha value is -7.44. The summed E-state index contributed by atoms with van der Waals surface area (Å²) in [5.74, 6) is 3.78. The summed E-state index contributed by atoms with van der Waals surface area (Å²) in [5, 5.41) is 0. The van der Waals surface area contributed by atoms with Gasteiger partial charge in [-0.1, -0.05) is 176 Å². The molecule has 0 N–H and O–H groups in total. The molecule has 9 aromatic rings. The largest absolute Gasteiger partial charge is 0.208 e. The van der Waals surface area contributed by atoms with Gasteiger partial charge in [0.2, 0.25) is 0 Å². The van der Waals surface area contributed by atoms with Crippen molar-refractivity contribution in [2.24, 2.45) is 0 Å². The predicted molar refractivity (Wildman–Crippen MR) is 217 cm³/mol. The molecule has 7 aromatic carbocycles. The van der Waals surface area contributed by atoms with Gasteiger partial charge in [-0.05, 0) is 40.5 Å². The molecular weight excluding hydrogens is 661 g/mol. The Morgan fingerprint density at radius 2 is 0.352 bits per heavy atom. The van der Waals surface area contributed by atoms with Gasteiger partial charge in [0.25, 0.3) is 0 Å². The maximum Gasteiger partial charge on any atom is 0.164 e. The Labute approximate surface area is 313 Å². The van der Waals surface area contributed by atoms with E-state index in [1.807, 2.05) is 121 Å². The zero-order valence-corrected chi connectivity index (χ0v) is 29.2. The molecule has 254 valence electrons. The maximum atomic E-state index is 4.95. The third-order valence-corrected chi connectivity index (χ3v) is 9.17. The Morgan fingerprint density at radius 1 is 0.167 bits per heavy atom. The summed E-state index contributed by atoms with van der Waals surface area (Å²) in [7, 11) is 0. The van der Waals surface area contributed by atoms with Crippen LogP contribution in [0.25, 0.3) is 90.6 Å². The third-order valence-electron chi connectivity index (χ3n) is 9.17. The molecule has 0 aliphatic heterocycles. The van der Waals surface area contributed by atoms with Crippen molar-refractivity contribution in [1.82, 2.24) is 29.9 Å². The average molecular weight is 693 g/mol. The van der Waals surface area contributed by atoms with Crippen molar-refractivity contribution in [3.63, 3.8) is 0 Å². The van der Waals surface area contributed by atoms with Crippen LogP contribution < -0.4 is 0 Å². The van der Waals surface area contributed by atoms with Crippen molar-refractivity contribution in [3.05, 3.63) is 194 Å². The second-order valence-corrected chi connectivity index (χ2v) is 12.8. The van der Waals surface area contributed by atoms with Crippen LogP contribution in [-0.4, -0.2) is 29.9 Å². The van der Waals surface area contributed by atoms with E-state index in [4.69, 9.17) is 29.9 Å². The summed E-state index contributed by atoms with van der Waals surface area (Å²) in [4.78, 5) is 29.5. The van der Waals surface area contributed by atoms with Crippen molar-refractivity contribution in [1.29, 1.82) is 0 Å². The Balaban J connectivity index is 1.08. The highest BCUT2D eigenvalue weighted by Gasteiger charge is 2.15. The predicted octanol–water partition coefficient (Wildman–Crippen LogP) is 11.4. The van der Waals surface area contributed by atoms with E-state index in [0.717, 1.165) is 55.6 Å². The van der Waals surface area contributed by atoms with Gasteiger partial charge in [-0.25, -0.2) is 29.9 Å². The topological polar surface area (TPSA) is 77.3 Å². The molecule has 0 amide bonds. The van der Waals surface area contributed by atoms with Gasteiger partial charge < -0.3 is 0 Å². The van der Waals surface area contributed by atoms with Crippen LogP contribution in [0.1, 0.15) is 0 Å². The number of nitrogens with zero attached hydrogens (tertiary/aromatic N) is 6. The third kappa shape index (κ3) is 6.92. The van der Waals surface area contributed by atoms with E-state index in [9.17, 15) is 0 Å². The minimum Gasteiger partial charge on any atom is -0.208 e. The molecule has 0 aliphatic rings. The van der Waals surface area contributed by atoms with Crippen molar-refractivity contribution >= 4 is 0 Å². The van der Waals surface area contributed by atoms with Gasteiger partial charge in [0.1, 0.15) is 0 Å². The lowest BCUT2D eigenvalue weighted by atomic mass is 9.97. The quantitative estimate of drug-likeness (QED) is 0.158. The van der Waals surface area contributed by atoms with Crippen LogP contribution in [0.2, 0.25) is 0 Å². The van der Waals surface area contributed by atoms with E-state index >= 15 is 0 Å². The second-order valence-electron chi connectivity index (χ2n) is 12.8. The number of benzene rings is 7. The average Bonchev–Trinajstić information content (AvgIpc) is 3.27. The number of rotatable bonds is 8. The monoisotopic (exact) mass is 692 g/mol. The van der Waals surface area contributed by atoms with E-state index in [1.54, 1.807) is 0 Å². The highest BCUT2D eigenvalue weighted by Crippen LogP contribution is 2.32. The summed E-state index contributed by atoms with van der Waals surface area (Å²) in [6.07, 6.45) is 0. The first-order chi connectivity index (χ1) is 26.7. The lowest BCUT2D eigenvalue weighted by Gasteiger charge is -2.11. The molecule has 54 heavy (non-hydrogen) atoms. The molecule has 2 heterocycles. The van der Waals surface area contributed by atoms with Gasteiger partial charge in [-0.2, -0.15) is 0 Å². The molecule has 0 saturated heterocycles. The summed E-state index contributed by atoms with van der Waals surface area (Å²) < 4.78 is 0. The molecule has 0 bridgehead atoms. The molecule has 0 saturated carbocycles. The fraction of sp³-hybridized carbons (Fsp3) is 0. The first-order valence-corrected chi connectivity index (χ1v) is 17.8. The van der Waals surface area contributed by atoms with Crippen molar-refractivity contribution < 1.29 is 0 Å². The number of aromatic nitrogens is 6. The van der Waals surface area contributed by atoms with Gasteiger partial charge in [-0.15, -0.1) is 0 Å². The molecule has 0 atom stereocenters. The van der Waals surface area contributed by atoms with Crippen LogP contribution in [-0.2, 0) is 0 Å². The molecule has 6 heteroatoms. The first kappa shape index (κ1) is 32.5. The first-order valence-electron chi connectivity index (χ1n) is 17.8. The fourth-order valence-corrected chi connectivity index (χ4v) is 6.43. The zero-order valence-electron chi connectivity index (χ0n) is 29.2. The van der Waals surface area contributed by atoms with E-state index in [0.29, 0.717) is 34.9 Å². The van der Waals surface area contributed by atoms with Crippen LogP contribution in [0.4, 0.5) is 0 Å². The normalized spacial score (nSPS) is 11.0. The fourth-order valence-electron chi connectivity index (χ4n) is 6.43. The second kappa shape index (κ2) is 14.7. The summed E-state index contributed by atoms with van der Waals surface area (Å²) in [6.45, 7) is 0. The van der Waals surface area contributed by atoms with Crippen LogP contribution in [0, 0.1) is 0 Å². The molecule has 9 rings (SSSR count). The highest BCUT2D eigenvalue weighted by molar-refractivity contribution is 5.78. The smallest absolute Gasteiger partial charge is 0.164 e. The van der Waals surface area contributed by atoms with Gasteiger partial charge in [0, 0.05) is 33.4 Å². The molecule has 0 spiro atoms. The number of hydrogen-bond donors (Lipinski definition) is 0. The Bertz CT molecular complexity index is 2400. The molecular formula is C48H32N6. The van der Waals surface area contributed by atoms with E-state index in [2.05, 4.69) is 72.8 Å². The minimum absolute atomic E-state index is 0.621. The number of hydrogen-bond acceptors (Lipinski definition) is 6. The minimum atomic E-state index is 0.621. The van der Waals surface area contributed by atoms with Crippen LogP contribution in [0.15, 0.2) is 194 Å². The van der Waals surface area contributed by atoms with Crippen LogP contribution >= 0.6 is 0 Å². The summed E-state index contributed by atoms with van der Waals surface area (Å²) in [5.41, 5.74) is 9.87. The zero-order chi connectivity index (χ0) is 36.1. The van der Waals surface area contributed by atoms with Gasteiger partial charge in [-0.3, -0.25) is 0 Å². The molecule has 6 nitrogen and oxygen atoms in total. The van der Waals surface area contributed by atoms with Crippen molar-refractivity contribution in [3.8, 4) is 90.6 Å². The molecule has 0 fully saturated rings. The van der Waals surface area contributed by atoms with Gasteiger partial charge in [0.15, 0.2) is 34.9 Å². The van der Waals surface area contributed by atoms with Crippen molar-refractivity contribution in [2.45, 2.75) is 0 Å².